The molecule has 0 saturated heterocycles. The zero-order valence-electron chi connectivity index (χ0n) is 20.8. The Balaban J connectivity index is 1.59. The number of carbonyl (C=O) groups is 1. The van der Waals surface area contributed by atoms with Crippen LogP contribution in [0.3, 0.4) is 0 Å². The molecule has 13 heteroatoms. The normalized spacial score (nSPS) is 15.8. The number of halogens is 3. The van der Waals surface area contributed by atoms with Gasteiger partial charge in [0.1, 0.15) is 5.54 Å². The van der Waals surface area contributed by atoms with E-state index in [9.17, 15) is 26.4 Å². The highest BCUT2D eigenvalue weighted by molar-refractivity contribution is 7.90. The van der Waals surface area contributed by atoms with Crippen molar-refractivity contribution in [1.82, 2.24) is 30.2 Å². The molecule has 3 aromatic rings. The van der Waals surface area contributed by atoms with E-state index in [0.717, 1.165) is 28.7 Å². The van der Waals surface area contributed by atoms with Crippen LogP contribution in [0.4, 0.5) is 13.2 Å². The molecule has 9 nitrogen and oxygen atoms in total. The summed E-state index contributed by atoms with van der Waals surface area (Å²) in [4.78, 5) is 15.1. The number of alkyl halides is 3. The van der Waals surface area contributed by atoms with Gasteiger partial charge in [0.25, 0.3) is 0 Å². The fraction of sp³-hybridized carbons (Fsp3) is 0.440. The molecule has 204 valence electrons. The van der Waals surface area contributed by atoms with Gasteiger partial charge in [-0.1, -0.05) is 74.7 Å². The highest BCUT2D eigenvalue weighted by Gasteiger charge is 2.53. The molecular formula is C25H29F3N6O3S. The number of amides is 1. The van der Waals surface area contributed by atoms with Gasteiger partial charge in [-0.15, -0.1) is 5.10 Å². The average Bonchev–Trinajstić information content (AvgIpc) is 3.43. The van der Waals surface area contributed by atoms with E-state index in [1.54, 1.807) is 4.72 Å². The Labute approximate surface area is 218 Å². The molecular weight excluding hydrogens is 521 g/mol. The number of tetrazole rings is 1. The fourth-order valence-electron chi connectivity index (χ4n) is 4.88. The number of benzene rings is 2. The van der Waals surface area contributed by atoms with Gasteiger partial charge in [0, 0.05) is 18.7 Å². The van der Waals surface area contributed by atoms with Crippen molar-refractivity contribution >= 4 is 15.9 Å². The molecule has 2 N–H and O–H groups in total. The maximum Gasteiger partial charge on any atom is 0.511 e. The minimum Gasteiger partial charge on any atom is -0.337 e. The summed E-state index contributed by atoms with van der Waals surface area (Å²) in [7, 11) is -5.70. The van der Waals surface area contributed by atoms with E-state index in [0.29, 0.717) is 25.1 Å². The van der Waals surface area contributed by atoms with Gasteiger partial charge in [0.15, 0.2) is 5.82 Å². The largest absolute Gasteiger partial charge is 0.511 e. The molecule has 2 aromatic carbocycles. The topological polar surface area (TPSA) is 121 Å². The van der Waals surface area contributed by atoms with Crippen LogP contribution >= 0.6 is 0 Å². The van der Waals surface area contributed by atoms with Crippen LogP contribution in [0.5, 0.6) is 0 Å². The number of sulfonamides is 1. The monoisotopic (exact) mass is 550 g/mol. The predicted octanol–water partition coefficient (Wildman–Crippen LogP) is 4.41. The first-order valence-electron chi connectivity index (χ1n) is 12.4. The standard InChI is InChI=1S/C25H29F3N6O3S/c1-2-16-34(23(35)24(14-6-3-7-15-24)31-38(36,37)25(26,27)28)17-18-10-12-19(13-11-18)20-8-4-5-9-21(20)22-29-32-33-30-22/h4-5,8-13,31H,2-3,6-7,14-17H2,1H3,(H,29,30,32,33). The van der Waals surface area contributed by atoms with E-state index in [1.807, 2.05) is 55.5 Å². The van der Waals surface area contributed by atoms with E-state index < -0.39 is 27.0 Å². The number of aromatic amines is 1. The summed E-state index contributed by atoms with van der Waals surface area (Å²) < 4.78 is 65.5. The summed E-state index contributed by atoms with van der Waals surface area (Å²) in [6, 6.07) is 15.0. The average molecular weight is 551 g/mol. The summed E-state index contributed by atoms with van der Waals surface area (Å²) in [5, 5.41) is 14.0. The van der Waals surface area contributed by atoms with E-state index >= 15 is 0 Å². The van der Waals surface area contributed by atoms with Crippen molar-refractivity contribution in [3.8, 4) is 22.5 Å². The highest BCUT2D eigenvalue weighted by Crippen LogP contribution is 2.35. The predicted molar refractivity (Wildman–Crippen MR) is 135 cm³/mol. The number of hydrogen-bond acceptors (Lipinski definition) is 6. The maximum absolute atomic E-state index is 13.7. The lowest BCUT2D eigenvalue weighted by atomic mass is 9.81. The third-order valence-corrected chi connectivity index (χ3v) is 7.97. The van der Waals surface area contributed by atoms with Crippen molar-refractivity contribution in [3.05, 3.63) is 54.1 Å². The third kappa shape index (κ3) is 5.88. The molecule has 0 bridgehead atoms. The quantitative estimate of drug-likeness (QED) is 0.407. The number of nitrogens with zero attached hydrogens (tertiary/aromatic N) is 4. The van der Waals surface area contributed by atoms with Crippen LogP contribution in [0.2, 0.25) is 0 Å². The van der Waals surface area contributed by atoms with Gasteiger partial charge in [0.05, 0.1) is 0 Å². The molecule has 0 unspecified atom stereocenters. The summed E-state index contributed by atoms with van der Waals surface area (Å²) in [5.74, 6) is -0.109. The Kier molecular flexibility index (Phi) is 8.16. The van der Waals surface area contributed by atoms with Crippen molar-refractivity contribution in [2.24, 2.45) is 0 Å². The summed E-state index contributed by atoms with van der Waals surface area (Å²) in [6.45, 7) is 2.26. The first-order valence-corrected chi connectivity index (χ1v) is 13.9. The zero-order chi connectivity index (χ0) is 27.4. The van der Waals surface area contributed by atoms with Crippen molar-refractivity contribution in [3.63, 3.8) is 0 Å². The zero-order valence-corrected chi connectivity index (χ0v) is 21.6. The van der Waals surface area contributed by atoms with Crippen LogP contribution in [0.1, 0.15) is 51.0 Å². The van der Waals surface area contributed by atoms with Gasteiger partial charge in [-0.25, -0.2) is 13.5 Å². The van der Waals surface area contributed by atoms with Gasteiger partial charge in [-0.2, -0.15) is 17.9 Å². The number of H-pyrrole nitrogens is 1. The Morgan fingerprint density at radius 2 is 1.71 bits per heavy atom. The van der Waals surface area contributed by atoms with Crippen LogP contribution in [-0.2, 0) is 21.4 Å². The molecule has 0 radical (unpaired) electrons. The molecule has 1 aromatic heterocycles. The molecule has 1 amide bonds. The molecule has 1 heterocycles. The van der Waals surface area contributed by atoms with Gasteiger partial charge in [-0.3, -0.25) is 4.79 Å². The molecule has 38 heavy (non-hydrogen) atoms. The lowest BCUT2D eigenvalue weighted by Crippen LogP contribution is -2.62. The molecule has 1 aliphatic rings. The van der Waals surface area contributed by atoms with Gasteiger partial charge < -0.3 is 4.90 Å². The van der Waals surface area contributed by atoms with Gasteiger partial charge in [-0.05, 0) is 46.4 Å². The second-order valence-electron chi connectivity index (χ2n) is 9.41. The lowest BCUT2D eigenvalue weighted by molar-refractivity contribution is -0.140. The molecule has 1 aliphatic carbocycles. The number of hydrogen-bond donors (Lipinski definition) is 2. The van der Waals surface area contributed by atoms with Crippen LogP contribution in [0.25, 0.3) is 22.5 Å². The van der Waals surface area contributed by atoms with Gasteiger partial charge in [0.2, 0.25) is 5.91 Å². The number of rotatable bonds is 9. The van der Waals surface area contributed by atoms with E-state index in [4.69, 9.17) is 0 Å². The Bertz CT molecular complexity index is 1340. The lowest BCUT2D eigenvalue weighted by Gasteiger charge is -2.40. The second kappa shape index (κ2) is 11.2. The molecule has 0 aliphatic heterocycles. The first-order chi connectivity index (χ1) is 18.1. The van der Waals surface area contributed by atoms with E-state index in [2.05, 4.69) is 20.6 Å². The smallest absolute Gasteiger partial charge is 0.337 e. The van der Waals surface area contributed by atoms with Crippen molar-refractivity contribution < 1.29 is 26.4 Å². The minimum absolute atomic E-state index is 0.0214. The van der Waals surface area contributed by atoms with Crippen LogP contribution in [-0.4, -0.2) is 57.4 Å². The number of carbonyl (C=O) groups excluding carboxylic acids is 1. The van der Waals surface area contributed by atoms with Crippen LogP contribution in [0.15, 0.2) is 48.5 Å². The summed E-state index contributed by atoms with van der Waals surface area (Å²) in [6.07, 6.45) is 2.25. The van der Waals surface area contributed by atoms with Crippen molar-refractivity contribution in [1.29, 1.82) is 0 Å². The molecule has 0 spiro atoms. The minimum atomic E-state index is -5.70. The fourth-order valence-corrected chi connectivity index (χ4v) is 5.80. The van der Waals surface area contributed by atoms with Crippen molar-refractivity contribution in [2.45, 2.75) is 63.0 Å². The summed E-state index contributed by atoms with van der Waals surface area (Å²) >= 11 is 0. The van der Waals surface area contributed by atoms with Crippen LogP contribution < -0.4 is 4.72 Å². The summed E-state index contributed by atoms with van der Waals surface area (Å²) in [5.41, 5.74) is -3.96. The Hall–Kier alpha value is -3.32. The molecule has 4 rings (SSSR count). The Morgan fingerprint density at radius 1 is 1.05 bits per heavy atom. The number of nitrogens with one attached hydrogen (secondary N) is 2. The molecule has 1 saturated carbocycles. The highest BCUT2D eigenvalue weighted by atomic mass is 32.2. The molecule has 1 fully saturated rings. The second-order valence-corrected chi connectivity index (χ2v) is 11.1. The van der Waals surface area contributed by atoms with E-state index in [1.165, 1.54) is 4.90 Å². The van der Waals surface area contributed by atoms with Crippen molar-refractivity contribution in [2.75, 3.05) is 6.54 Å². The number of aromatic nitrogens is 4. The van der Waals surface area contributed by atoms with Crippen LogP contribution in [0, 0.1) is 0 Å². The van der Waals surface area contributed by atoms with E-state index in [-0.39, 0.29) is 25.9 Å². The SMILES string of the molecule is CCCN(Cc1ccc(-c2ccccc2-c2nnn[nH]2)cc1)C(=O)C1(NS(=O)(=O)C(F)(F)F)CCCCC1. The maximum atomic E-state index is 13.7. The molecule has 0 atom stereocenters. The first kappa shape index (κ1) is 27.7. The Morgan fingerprint density at radius 3 is 2.29 bits per heavy atom. The van der Waals surface area contributed by atoms with Gasteiger partial charge >= 0.3 is 15.5 Å². The third-order valence-electron chi connectivity index (χ3n) is 6.70.